The van der Waals surface area contributed by atoms with Crippen molar-refractivity contribution in [1.82, 2.24) is 30.0 Å². The van der Waals surface area contributed by atoms with Crippen molar-refractivity contribution in [1.29, 1.82) is 0 Å². The maximum Gasteiger partial charge on any atom is 0.217 e. The molecule has 134 valence electrons. The molecule has 0 radical (unpaired) electrons. The van der Waals surface area contributed by atoms with Gasteiger partial charge in [0.05, 0.1) is 12.1 Å². The van der Waals surface area contributed by atoms with Crippen molar-refractivity contribution in [3.63, 3.8) is 0 Å². The fourth-order valence-electron chi connectivity index (χ4n) is 3.47. The molecule has 1 aromatic carbocycles. The SMILES string of the molecule is CC(=O)NCc1nnc2n1CCN(Cc1cccc3ncccc13)CC2. The van der Waals surface area contributed by atoms with Crippen molar-refractivity contribution in [3.05, 3.63) is 53.7 Å². The number of benzene rings is 1. The zero-order chi connectivity index (χ0) is 17.9. The number of rotatable bonds is 4. The molecule has 0 atom stereocenters. The van der Waals surface area contributed by atoms with E-state index in [2.05, 4.69) is 54.2 Å². The van der Waals surface area contributed by atoms with E-state index in [1.165, 1.54) is 17.9 Å². The minimum atomic E-state index is -0.0536. The second kappa shape index (κ2) is 7.21. The second-order valence-corrected chi connectivity index (χ2v) is 6.61. The van der Waals surface area contributed by atoms with Crippen molar-refractivity contribution in [2.75, 3.05) is 13.1 Å². The molecule has 0 spiro atoms. The lowest BCUT2D eigenvalue weighted by atomic mass is 10.1. The van der Waals surface area contributed by atoms with Gasteiger partial charge < -0.3 is 9.88 Å². The van der Waals surface area contributed by atoms with Crippen LogP contribution in [0.1, 0.15) is 24.1 Å². The van der Waals surface area contributed by atoms with Gasteiger partial charge in [-0.1, -0.05) is 18.2 Å². The Balaban J connectivity index is 1.48. The summed E-state index contributed by atoms with van der Waals surface area (Å²) < 4.78 is 2.14. The minimum Gasteiger partial charge on any atom is -0.349 e. The number of hydrogen-bond acceptors (Lipinski definition) is 5. The molecule has 1 aliphatic heterocycles. The van der Waals surface area contributed by atoms with Crippen LogP contribution in [0.4, 0.5) is 0 Å². The van der Waals surface area contributed by atoms with E-state index < -0.39 is 0 Å². The van der Waals surface area contributed by atoms with E-state index >= 15 is 0 Å². The molecule has 3 heterocycles. The second-order valence-electron chi connectivity index (χ2n) is 6.61. The van der Waals surface area contributed by atoms with Gasteiger partial charge in [0, 0.05) is 51.1 Å². The summed E-state index contributed by atoms with van der Waals surface area (Å²) in [6.07, 6.45) is 2.69. The van der Waals surface area contributed by atoms with Gasteiger partial charge in [-0.15, -0.1) is 10.2 Å². The lowest BCUT2D eigenvalue weighted by Crippen LogP contribution is -2.27. The van der Waals surface area contributed by atoms with Crippen LogP contribution in [0.5, 0.6) is 0 Å². The van der Waals surface area contributed by atoms with E-state index in [1.807, 2.05) is 12.3 Å². The van der Waals surface area contributed by atoms with E-state index in [4.69, 9.17) is 0 Å². The fourth-order valence-corrected chi connectivity index (χ4v) is 3.47. The summed E-state index contributed by atoms with van der Waals surface area (Å²) in [6, 6.07) is 10.4. The predicted octanol–water partition coefficient (Wildman–Crippen LogP) is 1.52. The number of hydrogen-bond donors (Lipinski definition) is 1. The number of nitrogens with one attached hydrogen (secondary N) is 1. The predicted molar refractivity (Wildman–Crippen MR) is 98.3 cm³/mol. The molecule has 0 saturated carbocycles. The fraction of sp³-hybridized carbons (Fsp3) is 0.368. The first kappa shape index (κ1) is 16.7. The third-order valence-electron chi connectivity index (χ3n) is 4.82. The highest BCUT2D eigenvalue weighted by Crippen LogP contribution is 2.19. The maximum absolute atomic E-state index is 11.2. The normalized spacial score (nSPS) is 14.8. The van der Waals surface area contributed by atoms with E-state index in [-0.39, 0.29) is 5.91 Å². The van der Waals surface area contributed by atoms with Gasteiger partial charge in [0.15, 0.2) is 5.82 Å². The van der Waals surface area contributed by atoms with Crippen LogP contribution in [0.3, 0.4) is 0 Å². The van der Waals surface area contributed by atoms with E-state index in [1.54, 1.807) is 0 Å². The molecule has 4 rings (SSSR count). The van der Waals surface area contributed by atoms with Gasteiger partial charge in [0.25, 0.3) is 0 Å². The van der Waals surface area contributed by atoms with Crippen LogP contribution >= 0.6 is 0 Å². The van der Waals surface area contributed by atoms with Crippen molar-refractivity contribution in [3.8, 4) is 0 Å². The molecular weight excluding hydrogens is 328 g/mol. The topological polar surface area (TPSA) is 75.9 Å². The lowest BCUT2D eigenvalue weighted by molar-refractivity contribution is -0.119. The quantitative estimate of drug-likeness (QED) is 0.772. The van der Waals surface area contributed by atoms with Gasteiger partial charge in [-0.05, 0) is 17.7 Å². The molecule has 7 heteroatoms. The Labute approximate surface area is 152 Å². The molecule has 26 heavy (non-hydrogen) atoms. The van der Waals surface area contributed by atoms with Crippen molar-refractivity contribution in [2.24, 2.45) is 0 Å². The highest BCUT2D eigenvalue weighted by atomic mass is 16.1. The molecule has 2 aromatic heterocycles. The number of carbonyl (C=O) groups excluding carboxylic acids is 1. The van der Waals surface area contributed by atoms with Gasteiger partial charge in [-0.3, -0.25) is 14.7 Å². The van der Waals surface area contributed by atoms with Crippen LogP contribution in [0.25, 0.3) is 10.9 Å². The van der Waals surface area contributed by atoms with Gasteiger partial charge >= 0.3 is 0 Å². The van der Waals surface area contributed by atoms with E-state index in [0.29, 0.717) is 6.54 Å². The van der Waals surface area contributed by atoms with Crippen LogP contribution in [-0.4, -0.2) is 43.6 Å². The van der Waals surface area contributed by atoms with Crippen molar-refractivity contribution < 1.29 is 4.79 Å². The molecule has 1 amide bonds. The zero-order valence-electron chi connectivity index (χ0n) is 14.9. The Bertz CT molecular complexity index is 929. The number of pyridine rings is 1. The Morgan fingerprint density at radius 3 is 2.96 bits per heavy atom. The Kier molecular flexibility index (Phi) is 4.62. The lowest BCUT2D eigenvalue weighted by Gasteiger charge is -2.20. The van der Waals surface area contributed by atoms with Crippen molar-refractivity contribution in [2.45, 2.75) is 33.0 Å². The third kappa shape index (κ3) is 3.43. The van der Waals surface area contributed by atoms with E-state index in [9.17, 15) is 4.79 Å². The third-order valence-corrected chi connectivity index (χ3v) is 4.82. The largest absolute Gasteiger partial charge is 0.349 e. The summed E-state index contributed by atoms with van der Waals surface area (Å²) in [5.74, 6) is 1.76. The van der Waals surface area contributed by atoms with Crippen LogP contribution in [-0.2, 0) is 30.8 Å². The summed E-state index contributed by atoms with van der Waals surface area (Å²) in [7, 11) is 0. The Morgan fingerprint density at radius 2 is 2.08 bits per heavy atom. The first-order chi connectivity index (χ1) is 12.7. The minimum absolute atomic E-state index is 0.0536. The molecule has 7 nitrogen and oxygen atoms in total. The van der Waals surface area contributed by atoms with Gasteiger partial charge in [0.2, 0.25) is 5.91 Å². The molecule has 3 aromatic rings. The van der Waals surface area contributed by atoms with Gasteiger partial charge in [0.1, 0.15) is 5.82 Å². The summed E-state index contributed by atoms with van der Waals surface area (Å²) in [4.78, 5) is 18.0. The highest BCUT2D eigenvalue weighted by molar-refractivity contribution is 5.81. The number of carbonyl (C=O) groups is 1. The Morgan fingerprint density at radius 1 is 1.15 bits per heavy atom. The molecule has 1 N–H and O–H groups in total. The molecule has 1 aliphatic rings. The highest BCUT2D eigenvalue weighted by Gasteiger charge is 2.19. The Hall–Kier alpha value is -2.80. The van der Waals surface area contributed by atoms with Crippen LogP contribution < -0.4 is 5.32 Å². The molecule has 0 aliphatic carbocycles. The standard InChI is InChI=1S/C19H22N6O/c1-14(26)21-12-19-23-22-18-7-9-24(10-11-25(18)19)13-15-4-2-6-17-16(15)5-3-8-20-17/h2-6,8H,7,9-13H2,1H3,(H,21,26). The number of amides is 1. The first-order valence-corrected chi connectivity index (χ1v) is 8.91. The molecular formula is C19H22N6O. The molecule has 0 unspecified atom stereocenters. The molecule has 0 saturated heterocycles. The number of aromatic nitrogens is 4. The molecule has 0 bridgehead atoms. The number of nitrogens with zero attached hydrogens (tertiary/aromatic N) is 5. The smallest absolute Gasteiger partial charge is 0.217 e. The average molecular weight is 350 g/mol. The average Bonchev–Trinajstić information content (AvgIpc) is 2.93. The van der Waals surface area contributed by atoms with Crippen LogP contribution in [0.15, 0.2) is 36.5 Å². The monoisotopic (exact) mass is 350 g/mol. The van der Waals surface area contributed by atoms with Gasteiger partial charge in [-0.25, -0.2) is 0 Å². The summed E-state index contributed by atoms with van der Waals surface area (Å²) in [5, 5.41) is 12.6. The number of fused-ring (bicyclic) bond motifs is 2. The van der Waals surface area contributed by atoms with Crippen molar-refractivity contribution >= 4 is 16.8 Å². The summed E-state index contributed by atoms with van der Waals surface area (Å²) in [5.41, 5.74) is 2.33. The van der Waals surface area contributed by atoms with E-state index in [0.717, 1.165) is 49.8 Å². The van der Waals surface area contributed by atoms with Crippen LogP contribution in [0, 0.1) is 0 Å². The molecule has 0 fully saturated rings. The van der Waals surface area contributed by atoms with Gasteiger partial charge in [-0.2, -0.15) is 0 Å². The van der Waals surface area contributed by atoms with Crippen LogP contribution in [0.2, 0.25) is 0 Å². The zero-order valence-corrected chi connectivity index (χ0v) is 14.9. The summed E-state index contributed by atoms with van der Waals surface area (Å²) >= 11 is 0. The first-order valence-electron chi connectivity index (χ1n) is 8.91. The summed E-state index contributed by atoms with van der Waals surface area (Å²) in [6.45, 7) is 5.53. The maximum atomic E-state index is 11.2.